The number of hydrogen-bond acceptors (Lipinski definition) is 1. The van der Waals surface area contributed by atoms with Crippen molar-refractivity contribution >= 4 is 43.1 Å². The summed E-state index contributed by atoms with van der Waals surface area (Å²) in [5.41, 5.74) is 2.29. The van der Waals surface area contributed by atoms with Gasteiger partial charge in [0.2, 0.25) is 0 Å². The average Bonchev–Trinajstić information content (AvgIpc) is 2.78. The monoisotopic (exact) mass is 386 g/mol. The predicted octanol–water partition coefficient (Wildman–Crippen LogP) is 7.77. The number of benzene rings is 6. The molecule has 0 radical (unpaired) electrons. The first kappa shape index (κ1) is 17.3. The van der Waals surface area contributed by atoms with Gasteiger partial charge in [-0.05, 0) is 55.6 Å². The molecule has 6 aromatic rings. The second-order valence-electron chi connectivity index (χ2n) is 8.81. The number of aromatic hydroxyl groups is 1. The molecule has 0 fully saturated rings. The van der Waals surface area contributed by atoms with Crippen LogP contribution in [-0.2, 0) is 5.41 Å². The van der Waals surface area contributed by atoms with E-state index >= 15 is 0 Å². The number of rotatable bonds is 2. The van der Waals surface area contributed by atoms with Gasteiger partial charge in [0, 0.05) is 16.2 Å². The molecular weight excluding hydrogens is 364 g/mol. The lowest BCUT2D eigenvalue weighted by molar-refractivity contribution is 0.481. The summed E-state index contributed by atoms with van der Waals surface area (Å²) in [5.74, 6) is 0.344. The van der Waals surface area contributed by atoms with Crippen molar-refractivity contribution in [3.63, 3.8) is 0 Å². The van der Waals surface area contributed by atoms with Crippen LogP contribution in [0.15, 0.2) is 91.0 Å². The summed E-state index contributed by atoms with van der Waals surface area (Å²) in [5, 5.41) is 20.2. The molecule has 0 aliphatic rings. The topological polar surface area (TPSA) is 20.2 Å². The Labute approximate surface area is 175 Å². The van der Waals surface area contributed by atoms with Gasteiger partial charge in [-0.2, -0.15) is 0 Å². The van der Waals surface area contributed by atoms with E-state index in [-0.39, 0.29) is 5.41 Å². The summed E-state index contributed by atoms with van der Waals surface area (Å²) < 4.78 is 0. The van der Waals surface area contributed by atoms with Gasteiger partial charge in [-0.3, -0.25) is 0 Å². The van der Waals surface area contributed by atoms with Crippen molar-refractivity contribution < 1.29 is 5.11 Å². The Kier molecular flexibility index (Phi) is 3.44. The third-order valence-electron chi connectivity index (χ3n) is 6.77. The van der Waals surface area contributed by atoms with Crippen molar-refractivity contribution in [1.82, 2.24) is 0 Å². The van der Waals surface area contributed by atoms with Gasteiger partial charge in [-0.1, -0.05) is 92.7 Å². The minimum atomic E-state index is -0.222. The van der Waals surface area contributed by atoms with Crippen LogP contribution in [0.2, 0.25) is 0 Å². The summed E-state index contributed by atoms with van der Waals surface area (Å²) in [7, 11) is 0. The van der Waals surface area contributed by atoms with Gasteiger partial charge in [0.05, 0.1) is 0 Å². The first-order chi connectivity index (χ1) is 14.5. The molecule has 6 aromatic carbocycles. The Morgan fingerprint density at radius 1 is 0.567 bits per heavy atom. The summed E-state index contributed by atoms with van der Waals surface area (Å²) >= 11 is 0. The average molecular weight is 386 g/mol. The summed E-state index contributed by atoms with van der Waals surface area (Å²) in [6, 6.07) is 32.2. The molecule has 0 saturated carbocycles. The number of phenolic OH excluding ortho intramolecular Hbond substituents is 1. The molecule has 0 bridgehead atoms. The predicted molar refractivity (Wildman–Crippen MR) is 128 cm³/mol. The molecule has 6 rings (SSSR count). The van der Waals surface area contributed by atoms with Gasteiger partial charge in [0.15, 0.2) is 0 Å². The Morgan fingerprint density at radius 3 is 2.03 bits per heavy atom. The molecule has 0 saturated heterocycles. The second-order valence-corrected chi connectivity index (χ2v) is 8.81. The fraction of sp³-hybridized carbons (Fsp3) is 0.103. The van der Waals surface area contributed by atoms with Crippen LogP contribution in [-0.4, -0.2) is 5.11 Å². The number of hydrogen-bond donors (Lipinski definition) is 1. The molecule has 0 unspecified atom stereocenters. The Balaban J connectivity index is 1.73. The minimum Gasteiger partial charge on any atom is -0.507 e. The molecule has 144 valence electrons. The van der Waals surface area contributed by atoms with Crippen LogP contribution < -0.4 is 0 Å². The van der Waals surface area contributed by atoms with Crippen molar-refractivity contribution in [2.24, 2.45) is 0 Å². The van der Waals surface area contributed by atoms with Crippen LogP contribution in [0.3, 0.4) is 0 Å². The zero-order chi connectivity index (χ0) is 20.5. The van der Waals surface area contributed by atoms with Crippen molar-refractivity contribution in [2.75, 3.05) is 0 Å². The van der Waals surface area contributed by atoms with Crippen LogP contribution in [0, 0.1) is 0 Å². The molecule has 1 nitrogen and oxygen atoms in total. The van der Waals surface area contributed by atoms with Crippen LogP contribution in [0.5, 0.6) is 5.75 Å². The molecule has 0 atom stereocenters. The lowest BCUT2D eigenvalue weighted by atomic mass is 9.74. The summed E-state index contributed by atoms with van der Waals surface area (Å²) in [6.07, 6.45) is 0. The lowest BCUT2D eigenvalue weighted by Crippen LogP contribution is -2.19. The molecule has 0 aliphatic carbocycles. The van der Waals surface area contributed by atoms with Crippen LogP contribution in [0.1, 0.15) is 25.0 Å². The van der Waals surface area contributed by atoms with E-state index in [0.717, 1.165) is 10.8 Å². The number of fused-ring (bicyclic) bond motifs is 1. The maximum Gasteiger partial charge on any atom is 0.123 e. The fourth-order valence-electron chi connectivity index (χ4n) is 5.05. The normalized spacial score (nSPS) is 12.5. The number of phenols is 1. The summed E-state index contributed by atoms with van der Waals surface area (Å²) in [4.78, 5) is 0. The van der Waals surface area contributed by atoms with Crippen molar-refractivity contribution in [3.8, 4) is 5.75 Å². The van der Waals surface area contributed by atoms with E-state index in [1.54, 1.807) is 0 Å². The van der Waals surface area contributed by atoms with Crippen LogP contribution >= 0.6 is 0 Å². The highest BCUT2D eigenvalue weighted by Crippen LogP contribution is 2.45. The molecule has 0 heterocycles. The standard InChI is InChI=1S/C29H22O/c1-29(2,22-14-12-18-6-3-4-7-21(18)16-22)25-17-24-26(30)15-13-20-11-10-19-8-5-9-23(25)27(19)28(20)24/h3-17,30H,1-2H3. The highest BCUT2D eigenvalue weighted by atomic mass is 16.3. The van der Waals surface area contributed by atoms with E-state index in [1.165, 1.54) is 43.4 Å². The van der Waals surface area contributed by atoms with Gasteiger partial charge in [0.1, 0.15) is 5.75 Å². The first-order valence-electron chi connectivity index (χ1n) is 10.4. The first-order valence-corrected chi connectivity index (χ1v) is 10.4. The molecule has 30 heavy (non-hydrogen) atoms. The van der Waals surface area contributed by atoms with Gasteiger partial charge in [-0.25, -0.2) is 0 Å². The molecule has 0 aliphatic heterocycles. The zero-order valence-electron chi connectivity index (χ0n) is 17.1. The maximum atomic E-state index is 10.7. The lowest BCUT2D eigenvalue weighted by Gasteiger charge is -2.29. The molecule has 0 spiro atoms. The smallest absolute Gasteiger partial charge is 0.123 e. The molecular formula is C29H22O. The summed E-state index contributed by atoms with van der Waals surface area (Å²) in [6.45, 7) is 4.57. The van der Waals surface area contributed by atoms with E-state index in [2.05, 4.69) is 92.7 Å². The van der Waals surface area contributed by atoms with E-state index in [9.17, 15) is 5.11 Å². The van der Waals surface area contributed by atoms with Crippen molar-refractivity contribution in [2.45, 2.75) is 19.3 Å². The Hall–Kier alpha value is -3.58. The quantitative estimate of drug-likeness (QED) is 0.301. The zero-order valence-corrected chi connectivity index (χ0v) is 17.1. The maximum absolute atomic E-state index is 10.7. The van der Waals surface area contributed by atoms with Gasteiger partial charge >= 0.3 is 0 Å². The minimum absolute atomic E-state index is 0.222. The molecule has 0 amide bonds. The van der Waals surface area contributed by atoms with Gasteiger partial charge in [0.25, 0.3) is 0 Å². The van der Waals surface area contributed by atoms with E-state index in [1.807, 2.05) is 12.1 Å². The van der Waals surface area contributed by atoms with E-state index in [0.29, 0.717) is 5.75 Å². The van der Waals surface area contributed by atoms with E-state index < -0.39 is 0 Å². The third kappa shape index (κ3) is 2.29. The van der Waals surface area contributed by atoms with Crippen molar-refractivity contribution in [3.05, 3.63) is 102 Å². The van der Waals surface area contributed by atoms with Gasteiger partial charge in [-0.15, -0.1) is 0 Å². The highest BCUT2D eigenvalue weighted by Gasteiger charge is 2.27. The van der Waals surface area contributed by atoms with E-state index in [4.69, 9.17) is 0 Å². The van der Waals surface area contributed by atoms with Crippen molar-refractivity contribution in [1.29, 1.82) is 0 Å². The SMILES string of the molecule is CC(C)(c1ccc2ccccc2c1)c1cc2c(O)ccc3ccc4cccc1c4c32. The molecule has 1 heteroatoms. The van der Waals surface area contributed by atoms with Crippen LogP contribution in [0.4, 0.5) is 0 Å². The van der Waals surface area contributed by atoms with Gasteiger partial charge < -0.3 is 5.11 Å². The second kappa shape index (κ2) is 5.96. The molecule has 1 N–H and O–H groups in total. The highest BCUT2D eigenvalue weighted by molar-refractivity contribution is 6.25. The van der Waals surface area contributed by atoms with Crippen LogP contribution in [0.25, 0.3) is 43.1 Å². The fourth-order valence-corrected chi connectivity index (χ4v) is 5.05. The Bertz CT molecular complexity index is 1570. The largest absolute Gasteiger partial charge is 0.507 e. The third-order valence-corrected chi connectivity index (χ3v) is 6.77. The Morgan fingerprint density at radius 2 is 1.20 bits per heavy atom. The molecule has 0 aromatic heterocycles.